The molecular formula is C17H10ClF3N2O3. The molecule has 0 unspecified atom stereocenters. The first-order chi connectivity index (χ1) is 12.2. The Morgan fingerprint density at radius 1 is 1.38 bits per heavy atom. The number of hydrogen-bond acceptors (Lipinski definition) is 4. The molecule has 134 valence electrons. The number of nitriles is 1. The van der Waals surface area contributed by atoms with Gasteiger partial charge in [0.05, 0.1) is 21.9 Å². The van der Waals surface area contributed by atoms with Crippen LogP contribution in [-0.4, -0.2) is 22.7 Å². The van der Waals surface area contributed by atoms with Crippen LogP contribution >= 0.6 is 11.6 Å². The number of pyridine rings is 1. The Kier molecular flexibility index (Phi) is 5.85. The molecule has 0 bridgehead atoms. The van der Waals surface area contributed by atoms with E-state index in [0.717, 1.165) is 0 Å². The molecule has 9 heteroatoms. The highest BCUT2D eigenvalue weighted by molar-refractivity contribution is 6.32. The maximum Gasteiger partial charge on any atom is 0.417 e. The summed E-state index contributed by atoms with van der Waals surface area (Å²) in [5, 5.41) is 17.6. The summed E-state index contributed by atoms with van der Waals surface area (Å²) in [4.78, 5) is 14.2. The molecule has 1 aromatic heterocycles. The van der Waals surface area contributed by atoms with Gasteiger partial charge in [-0.3, -0.25) is 4.98 Å². The second-order valence-corrected chi connectivity index (χ2v) is 5.38. The molecule has 1 heterocycles. The van der Waals surface area contributed by atoms with E-state index in [1.54, 1.807) is 12.1 Å². The van der Waals surface area contributed by atoms with E-state index in [-0.39, 0.29) is 22.0 Å². The lowest BCUT2D eigenvalue weighted by atomic mass is 10.1. The summed E-state index contributed by atoms with van der Waals surface area (Å²) in [6.45, 7) is -0.537. The summed E-state index contributed by atoms with van der Waals surface area (Å²) >= 11 is 5.85. The van der Waals surface area contributed by atoms with Crippen molar-refractivity contribution in [1.29, 1.82) is 5.26 Å². The molecule has 0 radical (unpaired) electrons. The Labute approximate surface area is 150 Å². The van der Waals surface area contributed by atoms with Crippen molar-refractivity contribution in [3.05, 3.63) is 58.4 Å². The van der Waals surface area contributed by atoms with Crippen LogP contribution in [0.2, 0.25) is 5.02 Å². The third-order valence-corrected chi connectivity index (χ3v) is 3.36. The first kappa shape index (κ1) is 19.3. The number of rotatable bonds is 5. The van der Waals surface area contributed by atoms with Gasteiger partial charge in [0.15, 0.2) is 6.61 Å². The summed E-state index contributed by atoms with van der Waals surface area (Å²) in [6.07, 6.45) is -2.64. The smallest absolute Gasteiger partial charge is 0.417 e. The van der Waals surface area contributed by atoms with Gasteiger partial charge in [-0.2, -0.15) is 18.4 Å². The Hall–Kier alpha value is -3.05. The molecule has 0 amide bonds. The number of allylic oxidation sites excluding steroid dienone is 1. The van der Waals surface area contributed by atoms with Crippen molar-refractivity contribution in [3.63, 3.8) is 0 Å². The number of nitrogens with zero attached hydrogens (tertiary/aromatic N) is 2. The predicted molar refractivity (Wildman–Crippen MR) is 87.3 cm³/mol. The number of aromatic nitrogens is 1. The molecule has 5 nitrogen and oxygen atoms in total. The lowest BCUT2D eigenvalue weighted by Crippen LogP contribution is -2.09. The number of aliphatic carboxylic acids is 1. The molecular weight excluding hydrogens is 373 g/mol. The van der Waals surface area contributed by atoms with E-state index in [9.17, 15) is 23.2 Å². The molecule has 2 aromatic rings. The number of hydrogen-bond donors (Lipinski definition) is 1. The molecule has 0 aliphatic heterocycles. The third kappa shape index (κ3) is 4.97. The SMILES string of the molecule is N#C/C(=C\c1cccc(OCC(=O)O)c1)c1ncc(C(F)(F)F)cc1Cl. The van der Waals surface area contributed by atoms with Crippen LogP contribution in [0.15, 0.2) is 36.5 Å². The standard InChI is InChI=1S/C17H10ClF3N2O3/c18-14-6-12(17(19,20)21)8-23-16(14)11(7-22)4-10-2-1-3-13(5-10)26-9-15(24)25/h1-6,8H,9H2,(H,24,25)/b11-4+. The number of benzene rings is 1. The molecule has 0 atom stereocenters. The zero-order chi connectivity index (χ0) is 19.3. The van der Waals surface area contributed by atoms with Crippen molar-refractivity contribution in [3.8, 4) is 11.8 Å². The first-order valence-electron chi connectivity index (χ1n) is 7.00. The molecule has 0 spiro atoms. The van der Waals surface area contributed by atoms with Crippen LogP contribution in [0.25, 0.3) is 11.6 Å². The van der Waals surface area contributed by atoms with E-state index in [2.05, 4.69) is 4.98 Å². The molecule has 0 fully saturated rings. The fourth-order valence-corrected chi connectivity index (χ4v) is 2.22. The number of carboxylic acids is 1. The quantitative estimate of drug-likeness (QED) is 0.780. The van der Waals surface area contributed by atoms with Crippen LogP contribution in [0.5, 0.6) is 5.75 Å². The van der Waals surface area contributed by atoms with Crippen molar-refractivity contribution in [2.75, 3.05) is 6.61 Å². The minimum Gasteiger partial charge on any atom is -0.482 e. The average molecular weight is 383 g/mol. The lowest BCUT2D eigenvalue weighted by molar-refractivity contribution is -0.139. The van der Waals surface area contributed by atoms with E-state index in [0.29, 0.717) is 17.8 Å². The van der Waals surface area contributed by atoms with Crippen LogP contribution in [0, 0.1) is 11.3 Å². The van der Waals surface area contributed by atoms with Crippen molar-refractivity contribution in [2.24, 2.45) is 0 Å². The van der Waals surface area contributed by atoms with Gasteiger partial charge >= 0.3 is 12.1 Å². The van der Waals surface area contributed by atoms with Gasteiger partial charge in [-0.15, -0.1) is 0 Å². The number of carboxylic acid groups (broad SMARTS) is 1. The summed E-state index contributed by atoms with van der Waals surface area (Å²) in [7, 11) is 0. The van der Waals surface area contributed by atoms with Crippen molar-refractivity contribution in [2.45, 2.75) is 6.18 Å². The second kappa shape index (κ2) is 7.89. The monoisotopic (exact) mass is 382 g/mol. The summed E-state index contributed by atoms with van der Waals surface area (Å²) in [5.74, 6) is -0.894. The van der Waals surface area contributed by atoms with Crippen LogP contribution in [-0.2, 0) is 11.0 Å². The summed E-state index contributed by atoms with van der Waals surface area (Å²) in [5.41, 5.74) is -0.715. The Morgan fingerprint density at radius 2 is 2.12 bits per heavy atom. The Morgan fingerprint density at radius 3 is 2.69 bits per heavy atom. The van der Waals surface area contributed by atoms with E-state index < -0.39 is 24.3 Å². The second-order valence-electron chi connectivity index (χ2n) is 4.98. The first-order valence-corrected chi connectivity index (χ1v) is 7.38. The van der Waals surface area contributed by atoms with Crippen molar-refractivity contribution < 1.29 is 27.8 Å². The molecule has 1 N–H and O–H groups in total. The van der Waals surface area contributed by atoms with Gasteiger partial charge in [0.2, 0.25) is 0 Å². The molecule has 26 heavy (non-hydrogen) atoms. The van der Waals surface area contributed by atoms with Gasteiger partial charge in [0, 0.05) is 6.20 Å². The van der Waals surface area contributed by atoms with Crippen LogP contribution in [0.4, 0.5) is 13.2 Å². The number of ether oxygens (including phenoxy) is 1. The van der Waals surface area contributed by atoms with E-state index in [1.165, 1.54) is 18.2 Å². The van der Waals surface area contributed by atoms with Crippen LogP contribution < -0.4 is 4.74 Å². The van der Waals surface area contributed by atoms with Crippen LogP contribution in [0.3, 0.4) is 0 Å². The van der Waals surface area contributed by atoms with Gasteiger partial charge in [-0.05, 0) is 29.8 Å². The Balaban J connectivity index is 2.35. The number of halogens is 4. The molecule has 1 aromatic carbocycles. The Bertz CT molecular complexity index is 905. The maximum atomic E-state index is 12.7. The molecule has 2 rings (SSSR count). The van der Waals surface area contributed by atoms with Crippen molar-refractivity contribution in [1.82, 2.24) is 4.98 Å². The van der Waals surface area contributed by atoms with E-state index in [1.807, 2.05) is 6.07 Å². The minimum atomic E-state index is -4.60. The zero-order valence-corrected chi connectivity index (χ0v) is 13.7. The predicted octanol–water partition coefficient (Wildman–Crippen LogP) is 4.28. The fraction of sp³-hybridized carbons (Fsp3) is 0.118. The molecule has 0 saturated heterocycles. The van der Waals surface area contributed by atoms with E-state index >= 15 is 0 Å². The third-order valence-electron chi connectivity index (χ3n) is 3.08. The average Bonchev–Trinajstić information content (AvgIpc) is 2.57. The molecule has 0 saturated carbocycles. The number of alkyl halides is 3. The lowest BCUT2D eigenvalue weighted by Gasteiger charge is -2.09. The van der Waals surface area contributed by atoms with Gasteiger partial charge in [0.25, 0.3) is 0 Å². The highest BCUT2D eigenvalue weighted by atomic mass is 35.5. The van der Waals surface area contributed by atoms with Gasteiger partial charge in [-0.25, -0.2) is 4.79 Å². The zero-order valence-electron chi connectivity index (χ0n) is 12.9. The van der Waals surface area contributed by atoms with Gasteiger partial charge in [0.1, 0.15) is 11.8 Å². The molecule has 0 aliphatic rings. The largest absolute Gasteiger partial charge is 0.482 e. The fourth-order valence-electron chi connectivity index (χ4n) is 1.95. The summed E-state index contributed by atoms with van der Waals surface area (Å²) in [6, 6.07) is 8.69. The topological polar surface area (TPSA) is 83.2 Å². The molecule has 0 aliphatic carbocycles. The van der Waals surface area contributed by atoms with Gasteiger partial charge in [-0.1, -0.05) is 23.7 Å². The van der Waals surface area contributed by atoms with Gasteiger partial charge < -0.3 is 9.84 Å². The van der Waals surface area contributed by atoms with E-state index in [4.69, 9.17) is 21.4 Å². The normalized spacial score (nSPS) is 11.7. The minimum absolute atomic E-state index is 0.0564. The number of carbonyl (C=O) groups is 1. The highest BCUT2D eigenvalue weighted by Gasteiger charge is 2.31. The van der Waals surface area contributed by atoms with Crippen LogP contribution in [0.1, 0.15) is 16.8 Å². The maximum absolute atomic E-state index is 12.7. The van der Waals surface area contributed by atoms with Crippen molar-refractivity contribution >= 4 is 29.2 Å². The summed E-state index contributed by atoms with van der Waals surface area (Å²) < 4.78 is 43.0. The highest BCUT2D eigenvalue weighted by Crippen LogP contribution is 2.33.